The van der Waals surface area contributed by atoms with Gasteiger partial charge in [0.15, 0.2) is 0 Å². The summed E-state index contributed by atoms with van der Waals surface area (Å²) < 4.78 is 0. The van der Waals surface area contributed by atoms with E-state index in [2.05, 4.69) is 11.0 Å². The van der Waals surface area contributed by atoms with Crippen LogP contribution in [0.25, 0.3) is 0 Å². The van der Waals surface area contributed by atoms with E-state index >= 15 is 0 Å². The Kier molecular flexibility index (Phi) is 3.39. The van der Waals surface area contributed by atoms with Crippen molar-refractivity contribution in [1.82, 2.24) is 4.98 Å². The first kappa shape index (κ1) is 12.4. The molecule has 100 valence electrons. The van der Waals surface area contributed by atoms with Gasteiger partial charge in [-0.15, -0.1) is 0 Å². The molecule has 4 heteroatoms. The Morgan fingerprint density at radius 1 is 1.47 bits per heavy atom. The highest BCUT2D eigenvalue weighted by Gasteiger charge is 2.26. The SMILES string of the molecule is N#Cc1cc2c(nc1N1CCC(CCO)C1)CCC2. The predicted octanol–water partition coefficient (Wildman–Crippen LogP) is 1.65. The summed E-state index contributed by atoms with van der Waals surface area (Å²) in [6, 6.07) is 4.33. The van der Waals surface area contributed by atoms with Gasteiger partial charge >= 0.3 is 0 Å². The van der Waals surface area contributed by atoms with Crippen molar-refractivity contribution in [2.24, 2.45) is 5.92 Å². The van der Waals surface area contributed by atoms with Crippen LogP contribution in [0, 0.1) is 17.2 Å². The Morgan fingerprint density at radius 3 is 3.16 bits per heavy atom. The van der Waals surface area contributed by atoms with E-state index in [1.165, 1.54) is 11.3 Å². The number of aliphatic hydroxyl groups is 1. The van der Waals surface area contributed by atoms with Crippen LogP contribution in [0.3, 0.4) is 0 Å². The fraction of sp³-hybridized carbons (Fsp3) is 0.600. The molecule has 1 unspecified atom stereocenters. The van der Waals surface area contributed by atoms with E-state index in [1.807, 2.05) is 6.07 Å². The fourth-order valence-corrected chi connectivity index (χ4v) is 3.23. The van der Waals surface area contributed by atoms with Crippen LogP contribution in [0.1, 0.15) is 36.1 Å². The first-order valence-electron chi connectivity index (χ1n) is 7.10. The van der Waals surface area contributed by atoms with E-state index in [-0.39, 0.29) is 6.61 Å². The highest BCUT2D eigenvalue weighted by molar-refractivity contribution is 5.57. The second-order valence-corrected chi connectivity index (χ2v) is 5.54. The van der Waals surface area contributed by atoms with Gasteiger partial charge in [-0.3, -0.25) is 0 Å². The molecule has 2 heterocycles. The van der Waals surface area contributed by atoms with Crippen molar-refractivity contribution in [2.75, 3.05) is 24.6 Å². The van der Waals surface area contributed by atoms with Crippen molar-refractivity contribution in [1.29, 1.82) is 5.26 Å². The first-order chi connectivity index (χ1) is 9.31. The van der Waals surface area contributed by atoms with E-state index < -0.39 is 0 Å². The Morgan fingerprint density at radius 2 is 2.37 bits per heavy atom. The van der Waals surface area contributed by atoms with Gasteiger partial charge in [-0.1, -0.05) is 0 Å². The molecule has 0 saturated carbocycles. The van der Waals surface area contributed by atoms with Crippen LogP contribution < -0.4 is 4.90 Å². The Balaban J connectivity index is 1.87. The van der Waals surface area contributed by atoms with Gasteiger partial charge in [0.1, 0.15) is 11.9 Å². The van der Waals surface area contributed by atoms with Crippen LogP contribution in [0.15, 0.2) is 6.07 Å². The van der Waals surface area contributed by atoms with Gasteiger partial charge in [-0.25, -0.2) is 4.98 Å². The summed E-state index contributed by atoms with van der Waals surface area (Å²) in [6.45, 7) is 2.12. The Bertz CT molecular complexity index is 521. The smallest absolute Gasteiger partial charge is 0.146 e. The van der Waals surface area contributed by atoms with Gasteiger partial charge < -0.3 is 10.0 Å². The van der Waals surface area contributed by atoms with Crippen LogP contribution in [-0.2, 0) is 12.8 Å². The summed E-state index contributed by atoms with van der Waals surface area (Å²) in [4.78, 5) is 6.96. The summed E-state index contributed by atoms with van der Waals surface area (Å²) in [5, 5.41) is 18.3. The maximum absolute atomic E-state index is 9.32. The topological polar surface area (TPSA) is 60.2 Å². The molecule has 1 N–H and O–H groups in total. The number of pyridine rings is 1. The summed E-state index contributed by atoms with van der Waals surface area (Å²) in [7, 11) is 0. The van der Waals surface area contributed by atoms with Crippen LogP contribution in [-0.4, -0.2) is 29.8 Å². The van der Waals surface area contributed by atoms with Gasteiger partial charge in [0.25, 0.3) is 0 Å². The van der Waals surface area contributed by atoms with E-state index in [4.69, 9.17) is 10.1 Å². The third-order valence-corrected chi connectivity index (χ3v) is 4.27. The van der Waals surface area contributed by atoms with Gasteiger partial charge in [0, 0.05) is 25.4 Å². The molecule has 0 amide bonds. The quantitative estimate of drug-likeness (QED) is 0.894. The van der Waals surface area contributed by atoms with Gasteiger partial charge in [0.05, 0.1) is 5.56 Å². The third kappa shape index (κ3) is 2.31. The molecule has 1 aromatic rings. The third-order valence-electron chi connectivity index (χ3n) is 4.27. The molecule has 4 nitrogen and oxygen atoms in total. The molecule has 0 spiro atoms. The molecule has 0 bridgehead atoms. The number of aryl methyl sites for hydroxylation is 2. The lowest BCUT2D eigenvalue weighted by Gasteiger charge is -2.19. The average Bonchev–Trinajstić information content (AvgIpc) is 3.05. The lowest BCUT2D eigenvalue weighted by atomic mass is 10.1. The first-order valence-corrected chi connectivity index (χ1v) is 7.10. The molecular weight excluding hydrogens is 238 g/mol. The van der Waals surface area contributed by atoms with Crippen LogP contribution in [0.4, 0.5) is 5.82 Å². The van der Waals surface area contributed by atoms with Crippen LogP contribution in [0.2, 0.25) is 0 Å². The number of rotatable bonds is 3. The Hall–Kier alpha value is -1.60. The summed E-state index contributed by atoms with van der Waals surface area (Å²) in [6.07, 6.45) is 5.20. The number of nitrogens with zero attached hydrogens (tertiary/aromatic N) is 3. The van der Waals surface area contributed by atoms with E-state index in [0.717, 1.165) is 51.0 Å². The molecule has 1 aliphatic carbocycles. The highest BCUT2D eigenvalue weighted by atomic mass is 16.3. The number of aliphatic hydroxyl groups excluding tert-OH is 1. The van der Waals surface area contributed by atoms with Crippen LogP contribution in [0.5, 0.6) is 0 Å². The average molecular weight is 257 g/mol. The maximum Gasteiger partial charge on any atom is 0.146 e. The molecule has 1 saturated heterocycles. The number of aromatic nitrogens is 1. The fourth-order valence-electron chi connectivity index (χ4n) is 3.23. The molecule has 0 aromatic carbocycles. The van der Waals surface area contributed by atoms with E-state index in [0.29, 0.717) is 11.5 Å². The summed E-state index contributed by atoms with van der Waals surface area (Å²) >= 11 is 0. The summed E-state index contributed by atoms with van der Waals surface area (Å²) in [5.74, 6) is 1.40. The highest BCUT2D eigenvalue weighted by Crippen LogP contribution is 2.30. The zero-order valence-corrected chi connectivity index (χ0v) is 11.1. The lowest BCUT2D eigenvalue weighted by molar-refractivity contribution is 0.263. The van der Waals surface area contributed by atoms with Crippen LogP contribution >= 0.6 is 0 Å². The maximum atomic E-state index is 9.32. The second-order valence-electron chi connectivity index (χ2n) is 5.54. The van der Waals surface area contributed by atoms with Crippen molar-refractivity contribution in [2.45, 2.75) is 32.1 Å². The number of nitriles is 1. The van der Waals surface area contributed by atoms with Crippen molar-refractivity contribution < 1.29 is 5.11 Å². The number of fused-ring (bicyclic) bond motifs is 1. The van der Waals surface area contributed by atoms with Crippen molar-refractivity contribution in [3.8, 4) is 6.07 Å². The number of hydrogen-bond acceptors (Lipinski definition) is 4. The molecule has 2 aliphatic rings. The standard InChI is InChI=1S/C15H19N3O/c16-9-13-8-12-2-1-3-14(12)17-15(13)18-6-4-11(10-18)5-7-19/h8,11,19H,1-7,10H2. The number of anilines is 1. The van der Waals surface area contributed by atoms with Gasteiger partial charge in [0.2, 0.25) is 0 Å². The molecule has 1 aromatic heterocycles. The molecular formula is C15H19N3O. The monoisotopic (exact) mass is 257 g/mol. The normalized spacial score (nSPS) is 21.5. The lowest BCUT2D eigenvalue weighted by Crippen LogP contribution is -2.22. The minimum absolute atomic E-state index is 0.251. The second kappa shape index (κ2) is 5.18. The molecule has 1 atom stereocenters. The largest absolute Gasteiger partial charge is 0.396 e. The van der Waals surface area contributed by atoms with Crippen molar-refractivity contribution in [3.05, 3.63) is 22.9 Å². The van der Waals surface area contributed by atoms with E-state index in [1.54, 1.807) is 0 Å². The van der Waals surface area contributed by atoms with Crippen molar-refractivity contribution >= 4 is 5.82 Å². The Labute approximate surface area is 113 Å². The zero-order chi connectivity index (χ0) is 13.2. The molecule has 1 aliphatic heterocycles. The minimum Gasteiger partial charge on any atom is -0.396 e. The zero-order valence-electron chi connectivity index (χ0n) is 11.1. The van der Waals surface area contributed by atoms with Crippen molar-refractivity contribution in [3.63, 3.8) is 0 Å². The molecule has 1 fully saturated rings. The molecule has 19 heavy (non-hydrogen) atoms. The van der Waals surface area contributed by atoms with Gasteiger partial charge in [-0.05, 0) is 49.7 Å². The minimum atomic E-state index is 0.251. The van der Waals surface area contributed by atoms with Gasteiger partial charge in [-0.2, -0.15) is 5.26 Å². The van der Waals surface area contributed by atoms with E-state index in [9.17, 15) is 5.26 Å². The molecule has 0 radical (unpaired) electrons. The predicted molar refractivity (Wildman–Crippen MR) is 73.0 cm³/mol. The molecule has 3 rings (SSSR count). The summed E-state index contributed by atoms with van der Waals surface area (Å²) in [5.41, 5.74) is 3.15. The number of hydrogen-bond donors (Lipinski definition) is 1.